The highest BCUT2D eigenvalue weighted by Crippen LogP contribution is 2.49. The zero-order chi connectivity index (χ0) is 25.4. The smallest absolute Gasteiger partial charge is 0.374 e. The van der Waals surface area contributed by atoms with E-state index in [-0.39, 0.29) is 26.9 Å². The fourth-order valence-corrected chi connectivity index (χ4v) is 4.22. The van der Waals surface area contributed by atoms with Gasteiger partial charge in [-0.3, -0.25) is 4.79 Å². The van der Waals surface area contributed by atoms with Crippen LogP contribution in [0.2, 0.25) is 10.0 Å². The molecule has 0 spiro atoms. The molecule has 3 aromatic carbocycles. The molecule has 1 N–H and O–H groups in total. The molecule has 3 aromatic rings. The lowest BCUT2D eigenvalue weighted by Crippen LogP contribution is -2.42. The largest absolute Gasteiger partial charge is 0.435 e. The molecule has 1 aliphatic rings. The van der Waals surface area contributed by atoms with Crippen LogP contribution in [0.4, 0.5) is 24.5 Å². The topological polar surface area (TPSA) is 55.0 Å². The number of benzene rings is 3. The monoisotopic (exact) mass is 517 g/mol. The molecule has 1 atom stereocenters. The van der Waals surface area contributed by atoms with Gasteiger partial charge in [0.1, 0.15) is 0 Å². The van der Waals surface area contributed by atoms with Crippen molar-refractivity contribution in [1.29, 1.82) is 0 Å². The van der Waals surface area contributed by atoms with Gasteiger partial charge in [0.25, 0.3) is 11.5 Å². The molecule has 0 fully saturated rings. The van der Waals surface area contributed by atoms with Crippen molar-refractivity contribution in [3.63, 3.8) is 0 Å². The molecular formula is C25H16Cl2F3N3O2. The Morgan fingerprint density at radius 2 is 1.83 bits per heavy atom. The lowest BCUT2D eigenvalue weighted by molar-refractivity contribution is -0.275. The highest BCUT2D eigenvalue weighted by atomic mass is 35.5. The highest BCUT2D eigenvalue weighted by Gasteiger charge is 2.62. The van der Waals surface area contributed by atoms with Crippen LogP contribution in [0.3, 0.4) is 0 Å². The maximum Gasteiger partial charge on any atom is 0.435 e. The maximum absolute atomic E-state index is 14.3. The van der Waals surface area contributed by atoms with Gasteiger partial charge in [-0.25, -0.2) is 4.85 Å². The molecule has 5 nitrogen and oxygen atoms in total. The van der Waals surface area contributed by atoms with Crippen LogP contribution in [-0.4, -0.2) is 17.8 Å². The van der Waals surface area contributed by atoms with E-state index in [1.54, 1.807) is 37.3 Å². The van der Waals surface area contributed by atoms with Crippen molar-refractivity contribution in [2.75, 3.05) is 5.32 Å². The van der Waals surface area contributed by atoms with E-state index in [1.165, 1.54) is 18.2 Å². The summed E-state index contributed by atoms with van der Waals surface area (Å²) < 4.78 is 42.8. The summed E-state index contributed by atoms with van der Waals surface area (Å²) in [5, 5.41) is 6.58. The summed E-state index contributed by atoms with van der Waals surface area (Å²) in [5.74, 6) is -0.460. The number of alkyl halides is 3. The number of rotatable bonds is 4. The van der Waals surface area contributed by atoms with E-state index >= 15 is 0 Å². The summed E-state index contributed by atoms with van der Waals surface area (Å²) in [4.78, 5) is 21.1. The van der Waals surface area contributed by atoms with Crippen LogP contribution in [0.25, 0.3) is 4.85 Å². The van der Waals surface area contributed by atoms with E-state index in [1.807, 2.05) is 0 Å². The first-order valence-electron chi connectivity index (χ1n) is 10.2. The number of hydrogen-bond acceptors (Lipinski definition) is 3. The second-order valence-electron chi connectivity index (χ2n) is 7.93. The maximum atomic E-state index is 14.3. The van der Waals surface area contributed by atoms with E-state index in [2.05, 4.69) is 15.3 Å². The standard InChI is InChI=1S/C25H16Cl2F3N3O2/c1-14-6-7-15(9-21(14)32-23(34)16-4-3-5-20(8-16)31-2)22-13-24(35-33-22,25(28,29)30)17-10-18(26)12-19(27)11-17/h3-12H,13H2,1H3,(H,32,34). The van der Waals surface area contributed by atoms with Crippen molar-refractivity contribution in [3.05, 3.63) is 104 Å². The number of nitrogens with one attached hydrogen (secondary N) is 1. The van der Waals surface area contributed by atoms with Crippen molar-refractivity contribution in [1.82, 2.24) is 0 Å². The molecule has 4 rings (SSSR count). The molecule has 0 bridgehead atoms. The van der Waals surface area contributed by atoms with Gasteiger partial charge in [-0.05, 0) is 42.8 Å². The molecule has 0 saturated carbocycles. The van der Waals surface area contributed by atoms with Gasteiger partial charge >= 0.3 is 6.18 Å². The van der Waals surface area contributed by atoms with E-state index in [0.29, 0.717) is 22.5 Å². The predicted molar refractivity (Wildman–Crippen MR) is 128 cm³/mol. The molecule has 0 aromatic heterocycles. The third-order valence-electron chi connectivity index (χ3n) is 5.57. The van der Waals surface area contributed by atoms with E-state index in [9.17, 15) is 18.0 Å². The number of amides is 1. The number of carbonyl (C=O) groups excluding carboxylic acids is 1. The van der Waals surface area contributed by atoms with Crippen LogP contribution >= 0.6 is 23.2 Å². The van der Waals surface area contributed by atoms with Crippen molar-refractivity contribution in [2.24, 2.45) is 5.16 Å². The van der Waals surface area contributed by atoms with Crippen LogP contribution in [0, 0.1) is 13.5 Å². The number of oxime groups is 1. The van der Waals surface area contributed by atoms with Gasteiger partial charge in [-0.15, -0.1) is 0 Å². The van der Waals surface area contributed by atoms with Crippen LogP contribution in [0.5, 0.6) is 0 Å². The van der Waals surface area contributed by atoms with Crippen molar-refractivity contribution < 1.29 is 22.8 Å². The number of hydrogen-bond donors (Lipinski definition) is 1. The van der Waals surface area contributed by atoms with Gasteiger partial charge in [0.15, 0.2) is 5.69 Å². The summed E-state index contributed by atoms with van der Waals surface area (Å²) >= 11 is 11.9. The summed E-state index contributed by atoms with van der Waals surface area (Å²) in [6, 6.07) is 14.6. The normalized spacial score (nSPS) is 17.3. The molecule has 1 heterocycles. The fraction of sp³-hybridized carbons (Fsp3) is 0.160. The van der Waals surface area contributed by atoms with Crippen LogP contribution in [0.15, 0.2) is 65.8 Å². The number of anilines is 1. The fourth-order valence-electron chi connectivity index (χ4n) is 3.69. The Bertz CT molecular complexity index is 1380. The second kappa shape index (κ2) is 9.25. The summed E-state index contributed by atoms with van der Waals surface area (Å²) in [6.45, 7) is 8.84. The van der Waals surface area contributed by atoms with Gasteiger partial charge in [0.2, 0.25) is 0 Å². The van der Waals surface area contributed by atoms with Gasteiger partial charge < -0.3 is 10.2 Å². The Hall–Kier alpha value is -3.54. The first kappa shape index (κ1) is 24.6. The number of aryl methyl sites for hydroxylation is 1. The average Bonchev–Trinajstić information content (AvgIpc) is 3.27. The quantitative estimate of drug-likeness (QED) is 0.360. The summed E-state index contributed by atoms with van der Waals surface area (Å²) in [7, 11) is 0. The molecule has 35 heavy (non-hydrogen) atoms. The highest BCUT2D eigenvalue weighted by molar-refractivity contribution is 6.34. The minimum atomic E-state index is -4.82. The van der Waals surface area contributed by atoms with Gasteiger partial charge in [-0.2, -0.15) is 13.2 Å². The first-order chi connectivity index (χ1) is 16.5. The molecular weight excluding hydrogens is 502 g/mol. The van der Waals surface area contributed by atoms with Crippen LogP contribution in [0.1, 0.15) is 33.5 Å². The third-order valence-corrected chi connectivity index (χ3v) is 6.01. The number of nitrogens with zero attached hydrogens (tertiary/aromatic N) is 2. The van der Waals surface area contributed by atoms with Crippen molar-refractivity contribution >= 4 is 46.2 Å². The Kier molecular flexibility index (Phi) is 6.50. The number of carbonyl (C=O) groups is 1. The van der Waals surface area contributed by atoms with E-state index in [4.69, 9.17) is 34.6 Å². The van der Waals surface area contributed by atoms with Crippen molar-refractivity contribution in [3.8, 4) is 0 Å². The van der Waals surface area contributed by atoms with Gasteiger partial charge in [-0.1, -0.05) is 58.7 Å². The molecule has 1 unspecified atom stereocenters. The molecule has 1 amide bonds. The Morgan fingerprint density at radius 1 is 1.11 bits per heavy atom. The van der Waals surface area contributed by atoms with Crippen LogP contribution < -0.4 is 5.32 Å². The molecule has 0 saturated heterocycles. The van der Waals surface area contributed by atoms with Gasteiger partial charge in [0.05, 0.1) is 12.3 Å². The molecule has 0 radical (unpaired) electrons. The zero-order valence-electron chi connectivity index (χ0n) is 18.1. The molecule has 10 heteroatoms. The molecule has 0 aliphatic carbocycles. The minimum absolute atomic E-state index is 0.0378. The van der Waals surface area contributed by atoms with Gasteiger partial charge in [0, 0.05) is 38.8 Å². The Morgan fingerprint density at radius 3 is 2.49 bits per heavy atom. The Labute approximate surface area is 208 Å². The summed E-state index contributed by atoms with van der Waals surface area (Å²) in [6.07, 6.45) is -5.43. The van der Waals surface area contributed by atoms with Crippen molar-refractivity contribution in [2.45, 2.75) is 25.1 Å². The zero-order valence-corrected chi connectivity index (χ0v) is 19.6. The minimum Gasteiger partial charge on any atom is -0.374 e. The molecule has 1 aliphatic heterocycles. The third kappa shape index (κ3) is 4.83. The lowest BCUT2D eigenvalue weighted by Gasteiger charge is -2.29. The second-order valence-corrected chi connectivity index (χ2v) is 8.81. The molecule has 178 valence electrons. The predicted octanol–water partition coefficient (Wildman–Crippen LogP) is 7.69. The van der Waals surface area contributed by atoms with Crippen LogP contribution in [-0.2, 0) is 10.4 Å². The number of halogens is 5. The van der Waals surface area contributed by atoms with E-state index < -0.39 is 24.1 Å². The average molecular weight is 518 g/mol. The summed E-state index contributed by atoms with van der Waals surface area (Å²) in [5.41, 5.74) is -0.967. The Balaban J connectivity index is 1.64. The SMILES string of the molecule is [C-]#[N+]c1cccc(C(=O)Nc2cc(C3=NOC(c4cc(Cl)cc(Cl)c4)(C(F)(F)F)C3)ccc2C)c1. The van der Waals surface area contributed by atoms with E-state index in [0.717, 1.165) is 12.1 Å². The first-order valence-corrected chi connectivity index (χ1v) is 11.0. The lowest BCUT2D eigenvalue weighted by atomic mass is 9.86.